The van der Waals surface area contributed by atoms with E-state index in [4.69, 9.17) is 0 Å². The van der Waals surface area contributed by atoms with Crippen molar-refractivity contribution in [1.29, 1.82) is 0 Å². The van der Waals surface area contributed by atoms with Crippen LogP contribution in [0.2, 0.25) is 6.55 Å². The molecule has 0 radical (unpaired) electrons. The maximum Gasteiger partial charge on any atom is 0.0420 e. The molecule has 0 unspecified atom stereocenters. The first-order valence-corrected chi connectivity index (χ1v) is 7.06. The van der Waals surface area contributed by atoms with Gasteiger partial charge in [-0.1, -0.05) is 43.0 Å². The largest absolute Gasteiger partial charge is 0.309 e. The van der Waals surface area contributed by atoms with E-state index in [1.165, 1.54) is 5.56 Å². The minimum Gasteiger partial charge on any atom is -0.309 e. The van der Waals surface area contributed by atoms with Crippen LogP contribution in [0.15, 0.2) is 42.1 Å². The molecule has 0 spiro atoms. The van der Waals surface area contributed by atoms with Crippen LogP contribution in [0, 0.1) is 0 Å². The van der Waals surface area contributed by atoms with E-state index in [1.807, 2.05) is 6.07 Å². The maximum absolute atomic E-state index is 3.37. The van der Waals surface area contributed by atoms with Crippen molar-refractivity contribution in [2.24, 2.45) is 0 Å². The van der Waals surface area contributed by atoms with E-state index in [-0.39, 0.29) is 9.52 Å². The molecule has 2 heteroatoms. The SMILES string of the molecule is C[SiH2]C=CCNCc1ccccc1. The van der Waals surface area contributed by atoms with Crippen LogP contribution >= 0.6 is 0 Å². The molecule has 0 fully saturated rings. The molecule has 1 nitrogen and oxygen atoms in total. The first kappa shape index (κ1) is 10.2. The summed E-state index contributed by atoms with van der Waals surface area (Å²) in [6.07, 6.45) is 2.23. The summed E-state index contributed by atoms with van der Waals surface area (Å²) in [5.74, 6) is 0. The van der Waals surface area contributed by atoms with E-state index >= 15 is 0 Å². The Morgan fingerprint density at radius 1 is 1.31 bits per heavy atom. The molecule has 0 amide bonds. The van der Waals surface area contributed by atoms with Crippen molar-refractivity contribution in [2.45, 2.75) is 13.1 Å². The minimum atomic E-state index is 0.103. The molecule has 0 aliphatic carbocycles. The number of hydrogen-bond acceptors (Lipinski definition) is 1. The van der Waals surface area contributed by atoms with E-state index in [9.17, 15) is 0 Å². The summed E-state index contributed by atoms with van der Waals surface area (Å²) >= 11 is 0. The van der Waals surface area contributed by atoms with Gasteiger partial charge in [-0.15, -0.1) is 5.70 Å². The van der Waals surface area contributed by atoms with E-state index in [0.29, 0.717) is 0 Å². The highest BCUT2D eigenvalue weighted by Crippen LogP contribution is 1.96. The minimum absolute atomic E-state index is 0.103. The maximum atomic E-state index is 3.37. The zero-order valence-corrected chi connectivity index (χ0v) is 9.58. The lowest BCUT2D eigenvalue weighted by Crippen LogP contribution is -2.12. The molecule has 0 aromatic heterocycles. The Balaban J connectivity index is 2.17. The highest BCUT2D eigenvalue weighted by atomic mass is 28.2. The quantitative estimate of drug-likeness (QED) is 0.549. The summed E-state index contributed by atoms with van der Waals surface area (Å²) in [6, 6.07) is 10.5. The average Bonchev–Trinajstić information content (AvgIpc) is 2.19. The fourth-order valence-corrected chi connectivity index (χ4v) is 1.65. The molecule has 0 bridgehead atoms. The van der Waals surface area contributed by atoms with Crippen molar-refractivity contribution in [2.75, 3.05) is 6.54 Å². The predicted molar refractivity (Wildman–Crippen MR) is 61.7 cm³/mol. The molecule has 1 aromatic carbocycles. The fraction of sp³-hybridized carbons (Fsp3) is 0.273. The molecule has 0 heterocycles. The molecule has 0 aliphatic heterocycles. The molecule has 13 heavy (non-hydrogen) atoms. The van der Waals surface area contributed by atoms with Gasteiger partial charge in [-0.3, -0.25) is 0 Å². The number of rotatable bonds is 5. The van der Waals surface area contributed by atoms with E-state index in [0.717, 1.165) is 13.1 Å². The van der Waals surface area contributed by atoms with Gasteiger partial charge in [0.05, 0.1) is 0 Å². The van der Waals surface area contributed by atoms with Gasteiger partial charge in [-0.05, 0) is 5.56 Å². The van der Waals surface area contributed by atoms with Gasteiger partial charge < -0.3 is 5.32 Å². The topological polar surface area (TPSA) is 12.0 Å². The Morgan fingerprint density at radius 2 is 2.08 bits per heavy atom. The summed E-state index contributed by atoms with van der Waals surface area (Å²) in [4.78, 5) is 0. The summed E-state index contributed by atoms with van der Waals surface area (Å²) in [6.45, 7) is 4.25. The zero-order chi connectivity index (χ0) is 9.36. The lowest BCUT2D eigenvalue weighted by Gasteiger charge is -2.00. The number of benzene rings is 1. The monoisotopic (exact) mass is 191 g/mol. The first-order chi connectivity index (χ1) is 6.43. The Hall–Kier alpha value is -0.863. The second-order valence-corrected chi connectivity index (χ2v) is 4.28. The summed E-state index contributed by atoms with van der Waals surface area (Å²) in [5, 5.41) is 3.37. The summed E-state index contributed by atoms with van der Waals surface area (Å²) in [5.41, 5.74) is 3.67. The molecular weight excluding hydrogens is 174 g/mol. The van der Waals surface area contributed by atoms with Crippen molar-refractivity contribution in [3.05, 3.63) is 47.7 Å². The van der Waals surface area contributed by atoms with Gasteiger partial charge in [0.1, 0.15) is 0 Å². The third-order valence-corrected chi connectivity index (χ3v) is 2.64. The third-order valence-electron chi connectivity index (χ3n) is 1.84. The fourth-order valence-electron chi connectivity index (χ4n) is 1.15. The summed E-state index contributed by atoms with van der Waals surface area (Å²) in [7, 11) is 0.103. The smallest absolute Gasteiger partial charge is 0.0420 e. The van der Waals surface area contributed by atoms with Crippen LogP contribution in [0.4, 0.5) is 0 Å². The Morgan fingerprint density at radius 3 is 2.77 bits per heavy atom. The zero-order valence-electron chi connectivity index (χ0n) is 8.16. The lowest BCUT2D eigenvalue weighted by molar-refractivity contribution is 0.760. The molecule has 1 N–H and O–H groups in total. The van der Waals surface area contributed by atoms with E-state index < -0.39 is 0 Å². The molecule has 0 saturated carbocycles. The van der Waals surface area contributed by atoms with Crippen molar-refractivity contribution in [3.63, 3.8) is 0 Å². The van der Waals surface area contributed by atoms with Gasteiger partial charge in [0.25, 0.3) is 0 Å². The molecule has 0 aliphatic rings. The van der Waals surface area contributed by atoms with Gasteiger partial charge in [0.15, 0.2) is 0 Å². The predicted octanol–water partition coefficient (Wildman–Crippen LogP) is 1.51. The Labute approximate surface area is 82.7 Å². The Bertz CT molecular complexity index is 244. The lowest BCUT2D eigenvalue weighted by atomic mass is 10.2. The standard InChI is InChI=1S/C11H17NSi/c1-13-9-5-8-12-10-11-6-3-2-4-7-11/h2-7,9,12H,8,10,13H2,1H3. The normalized spacial score (nSPS) is 11.8. The third kappa shape index (κ3) is 4.65. The molecule has 0 atom stereocenters. The van der Waals surface area contributed by atoms with Crippen LogP contribution in [-0.2, 0) is 6.54 Å². The van der Waals surface area contributed by atoms with Crippen LogP contribution in [0.25, 0.3) is 0 Å². The first-order valence-electron chi connectivity index (χ1n) is 4.83. The van der Waals surface area contributed by atoms with Gasteiger partial charge in [-0.25, -0.2) is 0 Å². The van der Waals surface area contributed by atoms with Gasteiger partial charge >= 0.3 is 0 Å². The van der Waals surface area contributed by atoms with Crippen LogP contribution < -0.4 is 5.32 Å². The second kappa shape index (κ2) is 6.63. The second-order valence-electron chi connectivity index (χ2n) is 3.00. The van der Waals surface area contributed by atoms with Crippen LogP contribution in [0.5, 0.6) is 0 Å². The molecule has 0 saturated heterocycles. The average molecular weight is 191 g/mol. The van der Waals surface area contributed by atoms with Crippen LogP contribution in [-0.4, -0.2) is 16.1 Å². The van der Waals surface area contributed by atoms with Crippen molar-refractivity contribution in [1.82, 2.24) is 5.32 Å². The molecule has 1 aromatic rings. The van der Waals surface area contributed by atoms with Crippen molar-refractivity contribution < 1.29 is 0 Å². The van der Waals surface area contributed by atoms with Gasteiger partial charge in [0.2, 0.25) is 0 Å². The van der Waals surface area contributed by atoms with E-state index in [2.05, 4.69) is 47.9 Å². The molecular formula is C11H17NSi. The van der Waals surface area contributed by atoms with Crippen LogP contribution in [0.3, 0.4) is 0 Å². The highest BCUT2D eigenvalue weighted by Gasteiger charge is 1.87. The van der Waals surface area contributed by atoms with Gasteiger partial charge in [0, 0.05) is 22.6 Å². The van der Waals surface area contributed by atoms with Crippen molar-refractivity contribution >= 4 is 9.52 Å². The number of hydrogen-bond donors (Lipinski definition) is 1. The van der Waals surface area contributed by atoms with Gasteiger partial charge in [-0.2, -0.15) is 0 Å². The highest BCUT2D eigenvalue weighted by molar-refractivity contribution is 6.40. The van der Waals surface area contributed by atoms with Crippen molar-refractivity contribution in [3.8, 4) is 0 Å². The summed E-state index contributed by atoms with van der Waals surface area (Å²) < 4.78 is 0. The number of nitrogens with one attached hydrogen (secondary N) is 1. The van der Waals surface area contributed by atoms with E-state index in [1.54, 1.807) is 0 Å². The molecule has 1 rings (SSSR count). The Kier molecular flexibility index (Phi) is 5.21. The molecule has 70 valence electrons. The van der Waals surface area contributed by atoms with Crippen LogP contribution in [0.1, 0.15) is 5.56 Å².